The monoisotopic (exact) mass is 108 g/mol. The first-order chi connectivity index (χ1) is 3.89. The van der Waals surface area contributed by atoms with E-state index in [4.69, 9.17) is 0 Å². The predicted octanol–water partition coefficient (Wildman–Crippen LogP) is 0.591. The van der Waals surface area contributed by atoms with Crippen LogP contribution in [0.1, 0.15) is 6.42 Å². The van der Waals surface area contributed by atoms with Gasteiger partial charge in [0.2, 0.25) is 5.91 Å². The summed E-state index contributed by atoms with van der Waals surface area (Å²) in [6.07, 6.45) is 7.29. The molecule has 0 aromatic heterocycles. The fourth-order valence-electron chi connectivity index (χ4n) is 0.476. The van der Waals surface area contributed by atoms with E-state index < -0.39 is 0 Å². The summed E-state index contributed by atoms with van der Waals surface area (Å²) in [4.78, 5) is 10.4. The highest BCUT2D eigenvalue weighted by Gasteiger charge is 1.96. The third-order valence-electron chi connectivity index (χ3n) is 0.844. The average Bonchev–Trinajstić information content (AvgIpc) is 1.94. The van der Waals surface area contributed by atoms with Crippen molar-refractivity contribution in [3.63, 3.8) is 0 Å². The van der Waals surface area contributed by atoms with Crippen molar-refractivity contribution >= 4 is 5.91 Å². The SMILES string of the molecule is O=C1CC=CC=C[N]1. The van der Waals surface area contributed by atoms with Gasteiger partial charge in [-0.05, 0) is 6.08 Å². The number of hydrogen-bond donors (Lipinski definition) is 0. The Morgan fingerprint density at radius 1 is 1.50 bits per heavy atom. The minimum atomic E-state index is -0.0741. The molecule has 0 atom stereocenters. The van der Waals surface area contributed by atoms with Gasteiger partial charge >= 0.3 is 0 Å². The molecule has 2 nitrogen and oxygen atoms in total. The van der Waals surface area contributed by atoms with E-state index in [2.05, 4.69) is 5.32 Å². The van der Waals surface area contributed by atoms with E-state index in [1.165, 1.54) is 6.20 Å². The molecular formula is C6H6NO. The Hall–Kier alpha value is -1.05. The van der Waals surface area contributed by atoms with E-state index in [9.17, 15) is 4.79 Å². The van der Waals surface area contributed by atoms with Gasteiger partial charge in [-0.3, -0.25) is 4.79 Å². The Kier molecular flexibility index (Phi) is 1.47. The molecule has 0 unspecified atom stereocenters. The summed E-state index contributed by atoms with van der Waals surface area (Å²) in [6.45, 7) is 0. The minimum Gasteiger partial charge on any atom is -0.272 e. The number of carbonyl (C=O) groups is 1. The van der Waals surface area contributed by atoms with Crippen LogP contribution in [0, 0.1) is 0 Å². The molecule has 1 aliphatic rings. The maximum atomic E-state index is 10.4. The summed E-state index contributed by atoms with van der Waals surface area (Å²) < 4.78 is 0. The van der Waals surface area contributed by atoms with E-state index in [0.29, 0.717) is 6.42 Å². The molecule has 0 spiro atoms. The first kappa shape index (κ1) is 5.09. The van der Waals surface area contributed by atoms with Gasteiger partial charge in [-0.25, -0.2) is 5.32 Å². The van der Waals surface area contributed by atoms with Crippen LogP contribution in [0.25, 0.3) is 0 Å². The van der Waals surface area contributed by atoms with Crippen LogP contribution >= 0.6 is 0 Å². The molecule has 0 aliphatic carbocycles. The fourth-order valence-corrected chi connectivity index (χ4v) is 0.476. The van der Waals surface area contributed by atoms with Crippen LogP contribution in [0.5, 0.6) is 0 Å². The summed E-state index contributed by atoms with van der Waals surface area (Å²) in [5.74, 6) is -0.0741. The highest BCUT2D eigenvalue weighted by Crippen LogP contribution is 1.89. The van der Waals surface area contributed by atoms with Crippen molar-refractivity contribution in [3.05, 3.63) is 24.4 Å². The van der Waals surface area contributed by atoms with Gasteiger partial charge in [-0.15, -0.1) is 0 Å². The maximum absolute atomic E-state index is 10.4. The van der Waals surface area contributed by atoms with Crippen LogP contribution in [-0.2, 0) is 4.79 Å². The number of rotatable bonds is 0. The van der Waals surface area contributed by atoms with Crippen molar-refractivity contribution in [2.24, 2.45) is 0 Å². The Bertz CT molecular complexity index is 131. The first-order valence-corrected chi connectivity index (χ1v) is 2.45. The van der Waals surface area contributed by atoms with Gasteiger partial charge in [0.25, 0.3) is 0 Å². The summed E-state index contributed by atoms with van der Waals surface area (Å²) in [6, 6.07) is 0. The quantitative estimate of drug-likeness (QED) is 0.447. The van der Waals surface area contributed by atoms with Crippen LogP contribution < -0.4 is 5.32 Å². The molecule has 0 aromatic rings. The average molecular weight is 108 g/mol. The van der Waals surface area contributed by atoms with Crippen molar-refractivity contribution < 1.29 is 4.79 Å². The summed E-state index contributed by atoms with van der Waals surface area (Å²) in [5.41, 5.74) is 0. The van der Waals surface area contributed by atoms with Crippen molar-refractivity contribution in [2.45, 2.75) is 6.42 Å². The molecule has 1 radical (unpaired) electrons. The number of amides is 1. The van der Waals surface area contributed by atoms with Crippen molar-refractivity contribution in [2.75, 3.05) is 0 Å². The van der Waals surface area contributed by atoms with Gasteiger partial charge in [0.1, 0.15) is 0 Å². The zero-order chi connectivity index (χ0) is 5.82. The lowest BCUT2D eigenvalue weighted by Crippen LogP contribution is -2.05. The Balaban J connectivity index is 2.58. The number of allylic oxidation sites excluding steroid dienone is 2. The molecule has 0 aromatic carbocycles. The van der Waals surface area contributed by atoms with E-state index >= 15 is 0 Å². The van der Waals surface area contributed by atoms with Crippen molar-refractivity contribution in [1.82, 2.24) is 5.32 Å². The lowest BCUT2D eigenvalue weighted by Gasteiger charge is -1.84. The third kappa shape index (κ3) is 1.22. The Morgan fingerprint density at radius 3 is 3.25 bits per heavy atom. The van der Waals surface area contributed by atoms with Gasteiger partial charge in [0, 0.05) is 12.6 Å². The largest absolute Gasteiger partial charge is 0.272 e. The lowest BCUT2D eigenvalue weighted by atomic mass is 10.4. The Labute approximate surface area is 47.9 Å². The number of hydrogen-bond acceptors (Lipinski definition) is 1. The zero-order valence-corrected chi connectivity index (χ0v) is 4.37. The second-order valence-corrected chi connectivity index (χ2v) is 1.50. The standard InChI is InChI=1S/C6H6NO/c8-6-4-2-1-3-5-7-6/h1-3,5H,4H2. The second kappa shape index (κ2) is 2.31. The van der Waals surface area contributed by atoms with Gasteiger partial charge in [-0.1, -0.05) is 12.2 Å². The highest BCUT2D eigenvalue weighted by atomic mass is 16.1. The summed E-state index contributed by atoms with van der Waals surface area (Å²) >= 11 is 0. The third-order valence-corrected chi connectivity index (χ3v) is 0.844. The fraction of sp³-hybridized carbons (Fsp3) is 0.167. The molecule has 2 heteroatoms. The minimum absolute atomic E-state index is 0.0741. The van der Waals surface area contributed by atoms with Crippen LogP contribution in [0.3, 0.4) is 0 Å². The van der Waals surface area contributed by atoms with Crippen LogP contribution in [0.2, 0.25) is 0 Å². The smallest absolute Gasteiger partial charge is 0.249 e. The highest BCUT2D eigenvalue weighted by molar-refractivity contribution is 5.78. The van der Waals surface area contributed by atoms with Gasteiger partial charge in [-0.2, -0.15) is 0 Å². The molecule has 0 saturated carbocycles. The van der Waals surface area contributed by atoms with E-state index in [1.807, 2.05) is 6.08 Å². The summed E-state index contributed by atoms with van der Waals surface area (Å²) in [5, 5.41) is 3.54. The molecule has 0 saturated heterocycles. The van der Waals surface area contributed by atoms with Gasteiger partial charge in [0.05, 0.1) is 0 Å². The molecule has 1 rings (SSSR count). The maximum Gasteiger partial charge on any atom is 0.249 e. The van der Waals surface area contributed by atoms with Crippen molar-refractivity contribution in [1.29, 1.82) is 0 Å². The molecule has 8 heavy (non-hydrogen) atoms. The number of carbonyl (C=O) groups excluding carboxylic acids is 1. The molecule has 41 valence electrons. The van der Waals surface area contributed by atoms with E-state index in [-0.39, 0.29) is 5.91 Å². The molecule has 1 amide bonds. The summed E-state index contributed by atoms with van der Waals surface area (Å²) in [7, 11) is 0. The van der Waals surface area contributed by atoms with Crippen molar-refractivity contribution in [3.8, 4) is 0 Å². The Morgan fingerprint density at radius 2 is 2.38 bits per heavy atom. The predicted molar refractivity (Wildman–Crippen MR) is 30.0 cm³/mol. The van der Waals surface area contributed by atoms with Gasteiger partial charge in [0.15, 0.2) is 0 Å². The molecule has 1 heterocycles. The van der Waals surface area contributed by atoms with Gasteiger partial charge < -0.3 is 0 Å². The van der Waals surface area contributed by atoms with E-state index in [0.717, 1.165) is 0 Å². The molecule has 0 bridgehead atoms. The van der Waals surface area contributed by atoms with E-state index in [1.54, 1.807) is 12.2 Å². The van der Waals surface area contributed by atoms with Crippen LogP contribution in [-0.4, -0.2) is 5.91 Å². The van der Waals surface area contributed by atoms with Crippen LogP contribution in [0.4, 0.5) is 0 Å². The van der Waals surface area contributed by atoms with Crippen LogP contribution in [0.15, 0.2) is 24.4 Å². The molecule has 1 aliphatic heterocycles. The normalized spacial score (nSPS) is 17.8. The molecule has 0 N–H and O–H groups in total. The molecule has 0 fully saturated rings. The topological polar surface area (TPSA) is 31.2 Å². The zero-order valence-electron chi connectivity index (χ0n) is 4.37. The molecular weight excluding hydrogens is 102 g/mol. The first-order valence-electron chi connectivity index (χ1n) is 2.45. The number of nitrogens with zero attached hydrogens (tertiary/aromatic N) is 1. The second-order valence-electron chi connectivity index (χ2n) is 1.50. The lowest BCUT2D eigenvalue weighted by molar-refractivity contribution is -0.119.